The molecule has 174 valence electrons. The summed E-state index contributed by atoms with van der Waals surface area (Å²) < 4.78 is 23.5. The largest absolute Gasteiger partial charge is 0.490 e. The summed E-state index contributed by atoms with van der Waals surface area (Å²) in [5, 5.41) is 1.03. The van der Waals surface area contributed by atoms with Gasteiger partial charge >= 0.3 is 0 Å². The number of carbonyl (C=O) groups is 1. The highest BCUT2D eigenvalue weighted by molar-refractivity contribution is 5.96. The predicted octanol–water partition coefficient (Wildman–Crippen LogP) is 4.72. The molecule has 1 amide bonds. The number of fused-ring (bicyclic) bond motifs is 1. The van der Waals surface area contributed by atoms with Gasteiger partial charge in [0.1, 0.15) is 17.4 Å². The predicted molar refractivity (Wildman–Crippen MR) is 127 cm³/mol. The number of para-hydroxylation sites is 1. The third-order valence-electron chi connectivity index (χ3n) is 5.48. The van der Waals surface area contributed by atoms with Crippen LogP contribution in [-0.2, 0) is 0 Å². The first-order valence-electron chi connectivity index (χ1n) is 11.5. The molecule has 0 bridgehead atoms. The number of aromatic nitrogens is 1. The molecule has 1 saturated heterocycles. The summed E-state index contributed by atoms with van der Waals surface area (Å²) >= 11 is 0. The summed E-state index contributed by atoms with van der Waals surface area (Å²) in [6.45, 7) is 8.21. The molecule has 3 aromatic rings. The van der Waals surface area contributed by atoms with Crippen LogP contribution in [-0.4, -0.2) is 54.8 Å². The molecule has 0 spiro atoms. The molecule has 1 atom stereocenters. The molecule has 7 heteroatoms. The number of hydrogen-bond acceptors (Lipinski definition) is 6. The molecule has 33 heavy (non-hydrogen) atoms. The minimum absolute atomic E-state index is 0.0814. The fourth-order valence-corrected chi connectivity index (χ4v) is 4.05. The van der Waals surface area contributed by atoms with Gasteiger partial charge in [-0.25, -0.2) is 0 Å². The van der Waals surface area contributed by atoms with E-state index in [1.54, 1.807) is 18.3 Å². The van der Waals surface area contributed by atoms with Gasteiger partial charge in [0, 0.05) is 30.1 Å². The molecule has 2 aromatic carbocycles. The lowest BCUT2D eigenvalue weighted by Gasteiger charge is -2.20. The standard InChI is InChI=1S/C26H30N2O5/c1-4-30-22-15-19(16-23(31-5-2)25(22)32-6-3)26(29)28-14-12-20(17-28)33-21-11-7-9-18-10-8-13-27-24(18)21/h7-11,13,15-16,20H,4-6,12,14,17H2,1-3H3. The maximum atomic E-state index is 13.3. The van der Waals surface area contributed by atoms with Gasteiger partial charge in [0.05, 0.1) is 26.4 Å². The second-order valence-corrected chi connectivity index (χ2v) is 7.71. The van der Waals surface area contributed by atoms with Gasteiger partial charge in [-0.05, 0) is 45.0 Å². The Labute approximate surface area is 194 Å². The van der Waals surface area contributed by atoms with Crippen LogP contribution in [0.25, 0.3) is 10.9 Å². The van der Waals surface area contributed by atoms with Crippen LogP contribution in [0.1, 0.15) is 37.6 Å². The Kier molecular flexibility index (Phi) is 7.17. The molecule has 1 aromatic heterocycles. The van der Waals surface area contributed by atoms with Gasteiger partial charge in [-0.3, -0.25) is 9.78 Å². The highest BCUT2D eigenvalue weighted by Gasteiger charge is 2.30. The van der Waals surface area contributed by atoms with Crippen LogP contribution >= 0.6 is 0 Å². The second-order valence-electron chi connectivity index (χ2n) is 7.71. The zero-order chi connectivity index (χ0) is 23.2. The number of likely N-dealkylation sites (tertiary alicyclic amines) is 1. The van der Waals surface area contributed by atoms with Gasteiger partial charge < -0.3 is 23.8 Å². The molecule has 0 radical (unpaired) electrons. The lowest BCUT2D eigenvalue weighted by molar-refractivity contribution is 0.0771. The summed E-state index contributed by atoms with van der Waals surface area (Å²) in [6, 6.07) is 13.3. The number of benzene rings is 2. The maximum Gasteiger partial charge on any atom is 0.254 e. The summed E-state index contributed by atoms with van der Waals surface area (Å²) in [5.74, 6) is 2.22. The van der Waals surface area contributed by atoms with E-state index in [1.807, 2.05) is 56.0 Å². The van der Waals surface area contributed by atoms with E-state index in [0.717, 1.165) is 23.1 Å². The molecule has 0 saturated carbocycles. The summed E-state index contributed by atoms with van der Waals surface area (Å²) in [5.41, 5.74) is 1.34. The highest BCUT2D eigenvalue weighted by atomic mass is 16.5. The molecule has 2 heterocycles. The third kappa shape index (κ3) is 4.97. The van der Waals surface area contributed by atoms with Crippen molar-refractivity contribution in [2.24, 2.45) is 0 Å². The first-order chi connectivity index (χ1) is 16.1. The van der Waals surface area contributed by atoms with E-state index in [4.69, 9.17) is 18.9 Å². The van der Waals surface area contributed by atoms with Gasteiger partial charge in [0.2, 0.25) is 5.75 Å². The molecule has 7 nitrogen and oxygen atoms in total. The first-order valence-corrected chi connectivity index (χ1v) is 11.5. The van der Waals surface area contributed by atoms with Crippen molar-refractivity contribution in [2.75, 3.05) is 32.9 Å². The van der Waals surface area contributed by atoms with Crippen LogP contribution in [0.4, 0.5) is 0 Å². The summed E-state index contributed by atoms with van der Waals surface area (Å²) in [4.78, 5) is 19.6. The molecule has 0 aliphatic carbocycles. The van der Waals surface area contributed by atoms with Crippen LogP contribution in [0.15, 0.2) is 48.7 Å². The number of carbonyl (C=O) groups excluding carboxylic acids is 1. The van der Waals surface area contributed by atoms with Crippen molar-refractivity contribution in [1.29, 1.82) is 0 Å². The number of amides is 1. The number of rotatable bonds is 9. The van der Waals surface area contributed by atoms with E-state index in [-0.39, 0.29) is 12.0 Å². The highest BCUT2D eigenvalue weighted by Crippen LogP contribution is 2.39. The van der Waals surface area contributed by atoms with E-state index < -0.39 is 0 Å². The molecule has 0 N–H and O–H groups in total. The molecule has 1 unspecified atom stereocenters. The second kappa shape index (κ2) is 10.4. The Morgan fingerprint density at radius 2 is 1.67 bits per heavy atom. The minimum atomic E-state index is -0.0954. The van der Waals surface area contributed by atoms with Crippen molar-refractivity contribution in [2.45, 2.75) is 33.3 Å². The minimum Gasteiger partial charge on any atom is -0.490 e. The fraction of sp³-hybridized carbons (Fsp3) is 0.385. The first kappa shape index (κ1) is 22.7. The average molecular weight is 451 g/mol. The molecular formula is C26H30N2O5. The zero-order valence-electron chi connectivity index (χ0n) is 19.4. The van der Waals surface area contributed by atoms with Crippen molar-refractivity contribution in [1.82, 2.24) is 9.88 Å². The molecular weight excluding hydrogens is 420 g/mol. The third-order valence-corrected chi connectivity index (χ3v) is 5.48. The monoisotopic (exact) mass is 450 g/mol. The molecule has 4 rings (SSSR count). The molecule has 1 fully saturated rings. The van der Waals surface area contributed by atoms with Gasteiger partial charge in [-0.1, -0.05) is 18.2 Å². The Hall–Kier alpha value is -3.48. The lowest BCUT2D eigenvalue weighted by Crippen LogP contribution is -2.31. The Bertz CT molecular complexity index is 1080. The van der Waals surface area contributed by atoms with Crippen molar-refractivity contribution in [3.8, 4) is 23.0 Å². The van der Waals surface area contributed by atoms with Gasteiger partial charge in [-0.15, -0.1) is 0 Å². The fourth-order valence-electron chi connectivity index (χ4n) is 4.05. The van der Waals surface area contributed by atoms with Crippen LogP contribution in [0.5, 0.6) is 23.0 Å². The van der Waals surface area contributed by atoms with Gasteiger partial charge in [-0.2, -0.15) is 0 Å². The van der Waals surface area contributed by atoms with E-state index in [0.29, 0.717) is 55.7 Å². The van der Waals surface area contributed by atoms with Crippen LogP contribution < -0.4 is 18.9 Å². The van der Waals surface area contributed by atoms with E-state index in [1.165, 1.54) is 0 Å². The summed E-state index contributed by atoms with van der Waals surface area (Å²) in [7, 11) is 0. The smallest absolute Gasteiger partial charge is 0.254 e. The van der Waals surface area contributed by atoms with Gasteiger partial charge in [0.25, 0.3) is 5.91 Å². The van der Waals surface area contributed by atoms with E-state index >= 15 is 0 Å². The summed E-state index contributed by atoms with van der Waals surface area (Å²) in [6.07, 6.45) is 2.42. The Morgan fingerprint density at radius 3 is 2.36 bits per heavy atom. The average Bonchev–Trinajstić information content (AvgIpc) is 3.29. The van der Waals surface area contributed by atoms with Crippen molar-refractivity contribution in [3.05, 3.63) is 54.2 Å². The number of ether oxygens (including phenoxy) is 4. The van der Waals surface area contributed by atoms with Crippen molar-refractivity contribution in [3.63, 3.8) is 0 Å². The number of nitrogens with zero attached hydrogens (tertiary/aromatic N) is 2. The van der Waals surface area contributed by atoms with E-state index in [9.17, 15) is 4.79 Å². The van der Waals surface area contributed by atoms with Crippen molar-refractivity contribution >= 4 is 16.8 Å². The molecule has 1 aliphatic heterocycles. The number of pyridine rings is 1. The zero-order valence-corrected chi connectivity index (χ0v) is 19.4. The number of hydrogen-bond donors (Lipinski definition) is 0. The quantitative estimate of drug-likeness (QED) is 0.470. The molecule has 1 aliphatic rings. The SMILES string of the molecule is CCOc1cc(C(=O)N2CCC(Oc3cccc4cccnc34)C2)cc(OCC)c1OCC. The van der Waals surface area contributed by atoms with Crippen LogP contribution in [0.3, 0.4) is 0 Å². The van der Waals surface area contributed by atoms with Gasteiger partial charge in [0.15, 0.2) is 11.5 Å². The normalized spacial score (nSPS) is 15.5. The maximum absolute atomic E-state index is 13.3. The van der Waals surface area contributed by atoms with Crippen molar-refractivity contribution < 1.29 is 23.7 Å². The van der Waals surface area contributed by atoms with Crippen LogP contribution in [0.2, 0.25) is 0 Å². The Morgan fingerprint density at radius 1 is 0.970 bits per heavy atom. The van der Waals surface area contributed by atoms with E-state index in [2.05, 4.69) is 4.98 Å². The topological polar surface area (TPSA) is 70.1 Å². The Balaban J connectivity index is 1.52. The van der Waals surface area contributed by atoms with Crippen LogP contribution in [0, 0.1) is 0 Å². The lowest BCUT2D eigenvalue weighted by atomic mass is 10.1.